The number of nitrogens with one attached hydrogen (secondary N) is 2. The molecule has 1 heterocycles. The van der Waals surface area contributed by atoms with E-state index in [1.807, 2.05) is 0 Å². The summed E-state index contributed by atoms with van der Waals surface area (Å²) >= 11 is 0. The van der Waals surface area contributed by atoms with E-state index in [1.54, 1.807) is 0 Å². The van der Waals surface area contributed by atoms with Crippen LogP contribution >= 0.6 is 0 Å². The van der Waals surface area contributed by atoms with Gasteiger partial charge in [0.15, 0.2) is 0 Å². The molecule has 0 spiro atoms. The lowest BCUT2D eigenvalue weighted by atomic mass is 9.99. The van der Waals surface area contributed by atoms with Gasteiger partial charge in [0, 0.05) is 6.54 Å². The topological polar surface area (TPSA) is 95.5 Å². The summed E-state index contributed by atoms with van der Waals surface area (Å²) in [5.74, 6) is -1.07. The van der Waals surface area contributed by atoms with Crippen LogP contribution in [0, 0.1) is 5.92 Å². The Balaban J connectivity index is 2.26. The van der Waals surface area contributed by atoms with Crippen LogP contribution in [0.4, 0.5) is 0 Å². The molecule has 6 nitrogen and oxygen atoms in total. The average Bonchev–Trinajstić information content (AvgIpc) is 2.26. The number of hydrogen-bond donors (Lipinski definition) is 3. The lowest BCUT2D eigenvalue weighted by Crippen LogP contribution is -2.37. The molecular weight excluding hydrogens is 232 g/mol. The Hall–Kier alpha value is -0.660. The standard InChI is InChI=1S/C9H18N2O4S/c12-9(13)3-6-16(14,15)11-7-8-1-4-10-5-2-8/h8,10-11H,1-7H2,(H,12,13). The molecule has 1 aliphatic heterocycles. The molecule has 0 aromatic rings. The van der Waals surface area contributed by atoms with Crippen molar-refractivity contribution in [3.05, 3.63) is 0 Å². The Morgan fingerprint density at radius 1 is 1.38 bits per heavy atom. The van der Waals surface area contributed by atoms with Crippen molar-refractivity contribution in [3.8, 4) is 0 Å². The molecule has 0 saturated carbocycles. The Morgan fingerprint density at radius 3 is 2.56 bits per heavy atom. The van der Waals surface area contributed by atoms with Crippen molar-refractivity contribution in [2.75, 3.05) is 25.4 Å². The van der Waals surface area contributed by atoms with E-state index in [4.69, 9.17) is 5.11 Å². The number of carboxylic acids is 1. The van der Waals surface area contributed by atoms with Crippen molar-refractivity contribution in [2.24, 2.45) is 5.92 Å². The first-order chi connectivity index (χ1) is 7.49. The van der Waals surface area contributed by atoms with Gasteiger partial charge in [-0.05, 0) is 31.8 Å². The van der Waals surface area contributed by atoms with Gasteiger partial charge in [-0.2, -0.15) is 0 Å². The Morgan fingerprint density at radius 2 is 2.00 bits per heavy atom. The zero-order valence-corrected chi connectivity index (χ0v) is 9.92. The van der Waals surface area contributed by atoms with Crippen LogP contribution in [0.25, 0.3) is 0 Å². The first-order valence-electron chi connectivity index (χ1n) is 5.39. The first-order valence-corrected chi connectivity index (χ1v) is 7.05. The van der Waals surface area contributed by atoms with Gasteiger partial charge < -0.3 is 10.4 Å². The van der Waals surface area contributed by atoms with Crippen LogP contribution in [0.1, 0.15) is 19.3 Å². The van der Waals surface area contributed by atoms with Crippen molar-refractivity contribution in [1.82, 2.24) is 10.0 Å². The van der Waals surface area contributed by atoms with E-state index in [2.05, 4.69) is 10.0 Å². The van der Waals surface area contributed by atoms with E-state index >= 15 is 0 Å². The molecular formula is C9H18N2O4S. The van der Waals surface area contributed by atoms with Gasteiger partial charge in [-0.25, -0.2) is 13.1 Å². The quantitative estimate of drug-likeness (QED) is 0.584. The molecule has 1 rings (SSSR count). The molecule has 1 aliphatic rings. The highest BCUT2D eigenvalue weighted by Crippen LogP contribution is 2.10. The number of carboxylic acid groups (broad SMARTS) is 1. The van der Waals surface area contributed by atoms with E-state index in [0.29, 0.717) is 12.5 Å². The molecule has 0 radical (unpaired) electrons. The molecule has 0 atom stereocenters. The van der Waals surface area contributed by atoms with Crippen LogP contribution in [-0.4, -0.2) is 44.9 Å². The smallest absolute Gasteiger partial charge is 0.304 e. The van der Waals surface area contributed by atoms with E-state index in [9.17, 15) is 13.2 Å². The molecule has 7 heteroatoms. The summed E-state index contributed by atoms with van der Waals surface area (Å²) in [5.41, 5.74) is 0. The largest absolute Gasteiger partial charge is 0.481 e. The van der Waals surface area contributed by atoms with Crippen LogP contribution in [0.5, 0.6) is 0 Å². The van der Waals surface area contributed by atoms with Gasteiger partial charge in [0.05, 0.1) is 12.2 Å². The number of rotatable bonds is 6. The molecule has 1 saturated heterocycles. The van der Waals surface area contributed by atoms with Crippen LogP contribution in [-0.2, 0) is 14.8 Å². The van der Waals surface area contributed by atoms with E-state index < -0.39 is 16.0 Å². The van der Waals surface area contributed by atoms with Crippen LogP contribution < -0.4 is 10.0 Å². The molecule has 94 valence electrons. The van der Waals surface area contributed by atoms with Gasteiger partial charge in [-0.1, -0.05) is 0 Å². The molecule has 0 bridgehead atoms. The van der Waals surface area contributed by atoms with Crippen LogP contribution in [0.2, 0.25) is 0 Å². The van der Waals surface area contributed by atoms with Crippen LogP contribution in [0.15, 0.2) is 0 Å². The zero-order chi connectivity index (χ0) is 12.0. The molecule has 1 fully saturated rings. The summed E-state index contributed by atoms with van der Waals surface area (Å²) in [5, 5.41) is 11.6. The summed E-state index contributed by atoms with van der Waals surface area (Å²) in [6.45, 7) is 2.26. The Kier molecular flexibility index (Phi) is 5.17. The van der Waals surface area contributed by atoms with Gasteiger partial charge >= 0.3 is 5.97 Å². The molecule has 0 aromatic heterocycles. The second kappa shape index (κ2) is 6.17. The van der Waals surface area contributed by atoms with E-state index in [-0.39, 0.29) is 12.2 Å². The third kappa shape index (κ3) is 5.43. The lowest BCUT2D eigenvalue weighted by molar-refractivity contribution is -0.136. The van der Waals surface area contributed by atoms with Gasteiger partial charge in [0.2, 0.25) is 10.0 Å². The minimum atomic E-state index is -3.43. The van der Waals surface area contributed by atoms with Gasteiger partial charge in [-0.15, -0.1) is 0 Å². The normalized spacial score (nSPS) is 18.5. The second-order valence-corrected chi connectivity index (χ2v) is 5.93. The van der Waals surface area contributed by atoms with Gasteiger partial charge in [0.1, 0.15) is 0 Å². The minimum Gasteiger partial charge on any atom is -0.481 e. The number of aliphatic carboxylic acids is 1. The number of piperidine rings is 1. The lowest BCUT2D eigenvalue weighted by Gasteiger charge is -2.22. The maximum Gasteiger partial charge on any atom is 0.304 e. The summed E-state index contributed by atoms with van der Waals surface area (Å²) < 4.78 is 25.2. The van der Waals surface area contributed by atoms with Crippen molar-refractivity contribution in [2.45, 2.75) is 19.3 Å². The average molecular weight is 250 g/mol. The van der Waals surface area contributed by atoms with Crippen molar-refractivity contribution in [1.29, 1.82) is 0 Å². The number of carbonyl (C=O) groups is 1. The van der Waals surface area contributed by atoms with Crippen molar-refractivity contribution >= 4 is 16.0 Å². The summed E-state index contributed by atoms with van der Waals surface area (Å²) in [6, 6.07) is 0. The zero-order valence-electron chi connectivity index (χ0n) is 9.11. The van der Waals surface area contributed by atoms with Gasteiger partial charge in [0.25, 0.3) is 0 Å². The fourth-order valence-corrected chi connectivity index (χ4v) is 2.70. The highest BCUT2D eigenvalue weighted by Gasteiger charge is 2.17. The Bertz CT molecular complexity index is 322. The molecule has 0 amide bonds. The highest BCUT2D eigenvalue weighted by atomic mass is 32.2. The number of hydrogen-bond acceptors (Lipinski definition) is 4. The maximum atomic E-state index is 11.4. The monoisotopic (exact) mass is 250 g/mol. The molecule has 16 heavy (non-hydrogen) atoms. The highest BCUT2D eigenvalue weighted by molar-refractivity contribution is 7.89. The fourth-order valence-electron chi connectivity index (χ4n) is 1.62. The third-order valence-corrected chi connectivity index (χ3v) is 3.98. The maximum absolute atomic E-state index is 11.4. The molecule has 0 unspecified atom stereocenters. The molecule has 3 N–H and O–H groups in total. The predicted molar refractivity (Wildman–Crippen MR) is 59.6 cm³/mol. The second-order valence-electron chi connectivity index (χ2n) is 4.00. The van der Waals surface area contributed by atoms with Crippen molar-refractivity contribution in [3.63, 3.8) is 0 Å². The first kappa shape index (κ1) is 13.4. The van der Waals surface area contributed by atoms with Crippen LogP contribution in [0.3, 0.4) is 0 Å². The predicted octanol–water partition coefficient (Wildman–Crippen LogP) is -0.620. The van der Waals surface area contributed by atoms with E-state index in [0.717, 1.165) is 25.9 Å². The fraction of sp³-hybridized carbons (Fsp3) is 0.889. The minimum absolute atomic E-state index is 0.340. The Labute approximate surface area is 95.5 Å². The molecule has 0 aromatic carbocycles. The summed E-state index contributed by atoms with van der Waals surface area (Å²) in [7, 11) is -3.43. The summed E-state index contributed by atoms with van der Waals surface area (Å²) in [4.78, 5) is 10.3. The molecule has 0 aliphatic carbocycles. The number of sulfonamides is 1. The van der Waals surface area contributed by atoms with Crippen molar-refractivity contribution < 1.29 is 18.3 Å². The third-order valence-electron chi connectivity index (χ3n) is 2.64. The summed E-state index contributed by atoms with van der Waals surface area (Å²) in [6.07, 6.45) is 1.57. The van der Waals surface area contributed by atoms with E-state index in [1.165, 1.54) is 0 Å². The van der Waals surface area contributed by atoms with Gasteiger partial charge in [-0.3, -0.25) is 4.79 Å². The SMILES string of the molecule is O=C(O)CCS(=O)(=O)NCC1CCNCC1.